The van der Waals surface area contributed by atoms with Crippen LogP contribution in [0.4, 0.5) is 0 Å². The van der Waals surface area contributed by atoms with Crippen LogP contribution in [-0.2, 0) is 13.0 Å². The highest BCUT2D eigenvalue weighted by molar-refractivity contribution is 6.29. The molecule has 0 atom stereocenters. The minimum Gasteiger partial charge on any atom is -0.335 e. The lowest BCUT2D eigenvalue weighted by Gasteiger charge is -2.20. The molecule has 0 radical (unpaired) electrons. The van der Waals surface area contributed by atoms with E-state index in [2.05, 4.69) is 22.2 Å². The lowest BCUT2D eigenvalue weighted by Crippen LogP contribution is -2.35. The molecule has 8 heteroatoms. The van der Waals surface area contributed by atoms with Crippen molar-refractivity contribution in [3.05, 3.63) is 75.1 Å². The van der Waals surface area contributed by atoms with Gasteiger partial charge in [-0.25, -0.2) is 15.1 Å². The summed E-state index contributed by atoms with van der Waals surface area (Å²) in [6, 6.07) is 13.6. The summed E-state index contributed by atoms with van der Waals surface area (Å²) in [6.07, 6.45) is 2.49. The van der Waals surface area contributed by atoms with Crippen molar-refractivity contribution in [2.24, 2.45) is 5.10 Å². The largest absolute Gasteiger partial charge is 0.335 e. The number of hydrogen-bond acceptors (Lipinski definition) is 3. The van der Waals surface area contributed by atoms with Crippen LogP contribution in [0.5, 0.6) is 0 Å². The van der Waals surface area contributed by atoms with Crippen LogP contribution in [-0.4, -0.2) is 45.4 Å². The van der Waals surface area contributed by atoms with Crippen LogP contribution in [0.25, 0.3) is 0 Å². The van der Waals surface area contributed by atoms with Gasteiger partial charge in [0.15, 0.2) is 5.03 Å². The highest BCUT2D eigenvalue weighted by atomic mass is 35.5. The zero-order chi connectivity index (χ0) is 17.6. The number of halogens is 1. The van der Waals surface area contributed by atoms with Gasteiger partial charge in [0.2, 0.25) is 0 Å². The summed E-state index contributed by atoms with van der Waals surface area (Å²) >= 11 is 5.80. The molecule has 1 fully saturated rings. The monoisotopic (exact) mass is 359 g/mol. The molecule has 0 saturated carbocycles. The predicted octanol–water partition coefficient (Wildman–Crippen LogP) is 2.64. The first-order chi connectivity index (χ1) is 12.1. The van der Waals surface area contributed by atoms with Gasteiger partial charge in [-0.3, -0.25) is 0 Å². The molecule has 25 heavy (non-hydrogen) atoms. The zero-order valence-corrected chi connectivity index (χ0v) is 14.3. The molecule has 0 N–H and O–H groups in total. The number of rotatable bonds is 6. The fourth-order valence-electron chi connectivity index (χ4n) is 2.83. The smallest absolute Gasteiger partial charge is 0.274 e. The Morgan fingerprint density at radius 1 is 1.12 bits per heavy atom. The third-order valence-corrected chi connectivity index (χ3v) is 4.28. The quantitative estimate of drug-likeness (QED) is 0.450. The van der Waals surface area contributed by atoms with E-state index in [1.54, 1.807) is 12.3 Å². The van der Waals surface area contributed by atoms with Crippen LogP contribution in [0.15, 0.2) is 53.8 Å². The van der Waals surface area contributed by atoms with E-state index >= 15 is 0 Å². The first kappa shape index (κ1) is 17.2. The zero-order valence-electron chi connectivity index (χ0n) is 13.6. The number of nitro groups is 1. The Kier molecular flexibility index (Phi) is 5.45. The fourth-order valence-corrected chi connectivity index (χ4v) is 2.94. The summed E-state index contributed by atoms with van der Waals surface area (Å²) in [7, 11) is 0. The van der Waals surface area contributed by atoms with Gasteiger partial charge in [-0.15, -0.1) is 0 Å². The van der Waals surface area contributed by atoms with E-state index in [9.17, 15) is 10.1 Å². The topological polar surface area (TPSA) is 74.9 Å². The molecule has 3 rings (SSSR count). The number of aromatic nitrogens is 1. The minimum absolute atomic E-state index is 0.399. The van der Waals surface area contributed by atoms with Crippen molar-refractivity contribution in [1.82, 2.24) is 14.8 Å². The Labute approximate surface area is 150 Å². The molecule has 0 amide bonds. The number of hydrazone groups is 1. The van der Waals surface area contributed by atoms with E-state index in [1.807, 2.05) is 34.1 Å². The lowest BCUT2D eigenvalue weighted by molar-refractivity contribution is -0.486. The van der Waals surface area contributed by atoms with Gasteiger partial charge < -0.3 is 9.80 Å². The molecular weight excluding hydrogens is 342 g/mol. The number of pyridine rings is 1. The van der Waals surface area contributed by atoms with Crippen LogP contribution in [0.1, 0.15) is 11.1 Å². The van der Waals surface area contributed by atoms with Crippen molar-refractivity contribution in [3.8, 4) is 0 Å². The molecule has 1 aromatic carbocycles. The first-order valence-electron chi connectivity index (χ1n) is 7.99. The molecule has 0 unspecified atom stereocenters. The van der Waals surface area contributed by atoms with Gasteiger partial charge in [0.1, 0.15) is 10.3 Å². The van der Waals surface area contributed by atoms with Crippen LogP contribution in [0.3, 0.4) is 0 Å². The minimum atomic E-state index is -0.636. The number of nitrogens with zero attached hydrogens (tertiary/aromatic N) is 5. The van der Waals surface area contributed by atoms with E-state index in [0.717, 1.165) is 12.0 Å². The van der Waals surface area contributed by atoms with Gasteiger partial charge in [0.05, 0.1) is 0 Å². The predicted molar refractivity (Wildman–Crippen MR) is 95.8 cm³/mol. The molecule has 0 aliphatic carbocycles. The second-order valence-corrected chi connectivity index (χ2v) is 6.16. The van der Waals surface area contributed by atoms with Crippen LogP contribution >= 0.6 is 11.6 Å². The Balaban J connectivity index is 1.69. The first-order valence-corrected chi connectivity index (χ1v) is 8.37. The Morgan fingerprint density at radius 3 is 2.56 bits per heavy atom. The second kappa shape index (κ2) is 7.94. The standard InChI is InChI=1S/C17H18ClN5O2/c18-16-7-6-15(12-19-16)13-22-11-10-21(17(22)20-23(24)25)9-8-14-4-2-1-3-5-14/h1-7,12H,8-11,13H2/b20-17+. The van der Waals surface area contributed by atoms with Crippen molar-refractivity contribution in [3.63, 3.8) is 0 Å². The summed E-state index contributed by atoms with van der Waals surface area (Å²) in [4.78, 5) is 18.9. The molecule has 0 bridgehead atoms. The van der Waals surface area contributed by atoms with Gasteiger partial charge in [-0.1, -0.05) is 48.0 Å². The molecule has 0 spiro atoms. The molecule has 1 aliphatic heterocycles. The van der Waals surface area contributed by atoms with E-state index in [-0.39, 0.29) is 0 Å². The van der Waals surface area contributed by atoms with Crippen LogP contribution in [0, 0.1) is 10.1 Å². The molecule has 1 aromatic heterocycles. The summed E-state index contributed by atoms with van der Waals surface area (Å²) < 4.78 is 0. The van der Waals surface area contributed by atoms with Crippen molar-refractivity contribution in [2.75, 3.05) is 19.6 Å². The van der Waals surface area contributed by atoms with E-state index in [1.165, 1.54) is 5.56 Å². The summed E-state index contributed by atoms with van der Waals surface area (Å²) in [5, 5.41) is 14.4. The number of benzene rings is 1. The van der Waals surface area contributed by atoms with Crippen molar-refractivity contribution in [2.45, 2.75) is 13.0 Å². The maximum Gasteiger partial charge on any atom is 0.274 e. The second-order valence-electron chi connectivity index (χ2n) is 5.77. The van der Waals surface area contributed by atoms with Gasteiger partial charge >= 0.3 is 0 Å². The third-order valence-electron chi connectivity index (χ3n) is 4.05. The molecule has 1 aliphatic rings. The van der Waals surface area contributed by atoms with Gasteiger partial charge in [-0.05, 0) is 23.6 Å². The maximum atomic E-state index is 11.0. The molecule has 130 valence electrons. The van der Waals surface area contributed by atoms with Crippen molar-refractivity contribution < 1.29 is 5.03 Å². The third kappa shape index (κ3) is 4.67. The summed E-state index contributed by atoms with van der Waals surface area (Å²) in [5.74, 6) is 0.399. The lowest BCUT2D eigenvalue weighted by atomic mass is 10.1. The summed E-state index contributed by atoms with van der Waals surface area (Å²) in [5.41, 5.74) is 2.13. The van der Waals surface area contributed by atoms with E-state index < -0.39 is 5.03 Å². The molecule has 2 heterocycles. The number of guanidine groups is 1. The van der Waals surface area contributed by atoms with Gasteiger partial charge in [0.25, 0.3) is 5.96 Å². The van der Waals surface area contributed by atoms with Crippen LogP contribution in [0.2, 0.25) is 5.15 Å². The molecular formula is C17H18ClN5O2. The highest BCUT2D eigenvalue weighted by Crippen LogP contribution is 2.15. The fraction of sp³-hybridized carbons (Fsp3) is 0.294. The van der Waals surface area contributed by atoms with E-state index in [4.69, 9.17) is 11.6 Å². The maximum absolute atomic E-state index is 11.0. The van der Waals surface area contributed by atoms with Gasteiger partial charge in [-0.2, -0.15) is 0 Å². The van der Waals surface area contributed by atoms with Crippen molar-refractivity contribution >= 4 is 17.6 Å². The average molecular weight is 360 g/mol. The molecule has 7 nitrogen and oxygen atoms in total. The Bertz CT molecular complexity index is 751. The molecule has 1 saturated heterocycles. The summed E-state index contributed by atoms with van der Waals surface area (Å²) in [6.45, 7) is 2.59. The van der Waals surface area contributed by atoms with E-state index in [0.29, 0.717) is 37.3 Å². The van der Waals surface area contributed by atoms with Crippen LogP contribution < -0.4 is 0 Å². The highest BCUT2D eigenvalue weighted by Gasteiger charge is 2.29. The average Bonchev–Trinajstić information content (AvgIpc) is 2.97. The Morgan fingerprint density at radius 2 is 1.88 bits per heavy atom. The normalized spacial score (nSPS) is 15.8. The number of hydrogen-bond donors (Lipinski definition) is 0. The van der Waals surface area contributed by atoms with Crippen molar-refractivity contribution in [1.29, 1.82) is 0 Å². The Hall–Kier alpha value is -2.67. The SMILES string of the molecule is O=[N+]([O-])/N=C1\N(CCc2ccccc2)CCN1Cc1ccc(Cl)nc1. The molecule has 2 aromatic rings. The van der Waals surface area contributed by atoms with Gasteiger partial charge in [0, 0.05) is 32.4 Å².